The lowest BCUT2D eigenvalue weighted by molar-refractivity contribution is 0.996. The maximum Gasteiger partial charge on any atom is 0.224 e. The van der Waals surface area contributed by atoms with Crippen LogP contribution >= 0.6 is 0 Å². The third-order valence-corrected chi connectivity index (χ3v) is 1.22. The molecule has 1 N–H and O–H groups in total. The van der Waals surface area contributed by atoms with Gasteiger partial charge in [-0.15, -0.1) is 0 Å². The van der Waals surface area contributed by atoms with Crippen LogP contribution in [0.15, 0.2) is 12.4 Å². The molecule has 58 valence electrons. The van der Waals surface area contributed by atoms with E-state index in [4.69, 9.17) is 5.41 Å². The Hall–Kier alpha value is -1.45. The van der Waals surface area contributed by atoms with Gasteiger partial charge in [0.1, 0.15) is 0 Å². The van der Waals surface area contributed by atoms with E-state index < -0.39 is 0 Å². The van der Waals surface area contributed by atoms with Crippen molar-refractivity contribution in [2.24, 2.45) is 0 Å². The summed E-state index contributed by atoms with van der Waals surface area (Å²) in [4.78, 5) is 9.84. The number of aromatic nitrogens is 2. The summed E-state index contributed by atoms with van der Waals surface area (Å²) in [5.74, 6) is 0.663. The van der Waals surface area contributed by atoms with Crippen molar-refractivity contribution in [2.45, 2.75) is 0 Å². The van der Waals surface area contributed by atoms with E-state index in [-0.39, 0.29) is 0 Å². The molecule has 0 bridgehead atoms. The molecule has 0 aliphatic heterocycles. The average Bonchev–Trinajstić information content (AvgIpc) is 2.05. The van der Waals surface area contributed by atoms with E-state index >= 15 is 0 Å². The van der Waals surface area contributed by atoms with E-state index in [9.17, 15) is 0 Å². The van der Waals surface area contributed by atoms with Crippen molar-refractivity contribution in [3.05, 3.63) is 18.0 Å². The van der Waals surface area contributed by atoms with E-state index in [1.165, 1.54) is 6.21 Å². The second-order valence-electron chi connectivity index (χ2n) is 2.36. The van der Waals surface area contributed by atoms with Gasteiger partial charge in [0.05, 0.1) is 0 Å². The fraction of sp³-hybridized carbons (Fsp3) is 0.286. The molecule has 0 aliphatic rings. The number of nitrogens with zero attached hydrogens (tertiary/aromatic N) is 3. The monoisotopic (exact) mass is 150 g/mol. The zero-order chi connectivity index (χ0) is 8.27. The molecule has 0 aliphatic carbocycles. The fourth-order valence-corrected chi connectivity index (χ4v) is 0.637. The largest absolute Gasteiger partial charge is 0.347 e. The molecule has 1 heterocycles. The molecule has 1 rings (SSSR count). The van der Waals surface area contributed by atoms with Crippen molar-refractivity contribution in [1.82, 2.24) is 9.97 Å². The summed E-state index contributed by atoms with van der Waals surface area (Å²) in [5.41, 5.74) is 0.718. The maximum atomic E-state index is 6.90. The van der Waals surface area contributed by atoms with Gasteiger partial charge in [-0.25, -0.2) is 9.97 Å². The first-order valence-corrected chi connectivity index (χ1v) is 3.24. The predicted molar refractivity (Wildman–Crippen MR) is 44.2 cm³/mol. The molecule has 1 aromatic heterocycles. The molecule has 11 heavy (non-hydrogen) atoms. The normalized spacial score (nSPS) is 9.27. The minimum absolute atomic E-state index is 0.663. The van der Waals surface area contributed by atoms with Crippen LogP contribution in [0.5, 0.6) is 0 Å². The molecule has 4 nitrogen and oxygen atoms in total. The summed E-state index contributed by atoms with van der Waals surface area (Å²) in [5, 5.41) is 6.90. The molecule has 0 amide bonds. The minimum atomic E-state index is 0.663. The lowest BCUT2D eigenvalue weighted by Crippen LogP contribution is -2.12. The van der Waals surface area contributed by atoms with Gasteiger partial charge in [-0.3, -0.25) is 0 Å². The van der Waals surface area contributed by atoms with Crippen LogP contribution in [0.25, 0.3) is 0 Å². The van der Waals surface area contributed by atoms with Gasteiger partial charge in [-0.05, 0) is 0 Å². The van der Waals surface area contributed by atoms with Crippen LogP contribution < -0.4 is 4.90 Å². The van der Waals surface area contributed by atoms with Gasteiger partial charge in [-0.2, -0.15) is 0 Å². The van der Waals surface area contributed by atoms with Gasteiger partial charge < -0.3 is 10.3 Å². The van der Waals surface area contributed by atoms with Crippen molar-refractivity contribution < 1.29 is 0 Å². The van der Waals surface area contributed by atoms with Gasteiger partial charge >= 0.3 is 0 Å². The summed E-state index contributed by atoms with van der Waals surface area (Å²) in [6, 6.07) is 0. The van der Waals surface area contributed by atoms with Crippen LogP contribution in [0.4, 0.5) is 5.95 Å². The molecule has 4 heteroatoms. The first-order valence-electron chi connectivity index (χ1n) is 3.24. The summed E-state index contributed by atoms with van der Waals surface area (Å²) < 4.78 is 0. The predicted octanol–water partition coefficient (Wildman–Crippen LogP) is 0.540. The van der Waals surface area contributed by atoms with Crippen LogP contribution in [-0.4, -0.2) is 30.3 Å². The number of nitrogens with one attached hydrogen (secondary N) is 1. The number of anilines is 1. The van der Waals surface area contributed by atoms with Crippen molar-refractivity contribution >= 4 is 12.2 Å². The van der Waals surface area contributed by atoms with E-state index in [0.29, 0.717) is 5.95 Å². The van der Waals surface area contributed by atoms with Gasteiger partial charge in [0.15, 0.2) is 0 Å². The molecule has 0 aromatic carbocycles. The highest BCUT2D eigenvalue weighted by atomic mass is 15.2. The third kappa shape index (κ3) is 1.73. The van der Waals surface area contributed by atoms with Gasteiger partial charge in [-0.1, -0.05) is 0 Å². The molecule has 0 saturated carbocycles. The Morgan fingerprint density at radius 1 is 1.36 bits per heavy atom. The Labute approximate surface area is 65.4 Å². The van der Waals surface area contributed by atoms with Crippen LogP contribution in [0.2, 0.25) is 0 Å². The fourth-order valence-electron chi connectivity index (χ4n) is 0.637. The Morgan fingerprint density at radius 3 is 2.27 bits per heavy atom. The maximum absolute atomic E-state index is 6.90. The second-order valence-corrected chi connectivity index (χ2v) is 2.36. The van der Waals surface area contributed by atoms with Crippen molar-refractivity contribution in [2.75, 3.05) is 19.0 Å². The molecule has 0 unspecified atom stereocenters. The Balaban J connectivity index is 2.91. The van der Waals surface area contributed by atoms with E-state index in [2.05, 4.69) is 9.97 Å². The highest BCUT2D eigenvalue weighted by Gasteiger charge is 1.95. The lowest BCUT2D eigenvalue weighted by atomic mass is 10.4. The SMILES string of the molecule is CN(C)c1ncc(C=N)cn1. The molecular formula is C7H10N4. The minimum Gasteiger partial charge on any atom is -0.347 e. The smallest absolute Gasteiger partial charge is 0.224 e. The van der Waals surface area contributed by atoms with Crippen LogP contribution in [0.3, 0.4) is 0 Å². The Kier molecular flexibility index (Phi) is 2.15. The zero-order valence-electron chi connectivity index (χ0n) is 6.57. The van der Waals surface area contributed by atoms with Crippen LogP contribution in [0.1, 0.15) is 5.56 Å². The zero-order valence-corrected chi connectivity index (χ0v) is 6.57. The van der Waals surface area contributed by atoms with Crippen LogP contribution in [-0.2, 0) is 0 Å². The molecule has 0 saturated heterocycles. The van der Waals surface area contributed by atoms with Crippen molar-refractivity contribution in [3.8, 4) is 0 Å². The summed E-state index contributed by atoms with van der Waals surface area (Å²) in [7, 11) is 3.75. The van der Waals surface area contributed by atoms with Crippen LogP contribution in [0, 0.1) is 5.41 Å². The first kappa shape index (κ1) is 7.65. The second kappa shape index (κ2) is 3.09. The average molecular weight is 150 g/mol. The molecule has 1 aromatic rings. The third-order valence-electron chi connectivity index (χ3n) is 1.22. The van der Waals surface area contributed by atoms with Gasteiger partial charge in [0, 0.05) is 38.3 Å². The topological polar surface area (TPSA) is 52.9 Å². The quantitative estimate of drug-likeness (QED) is 0.626. The highest BCUT2D eigenvalue weighted by molar-refractivity contribution is 5.75. The van der Waals surface area contributed by atoms with E-state index in [1.807, 2.05) is 19.0 Å². The molecule has 0 atom stereocenters. The first-order chi connectivity index (χ1) is 5.24. The number of rotatable bonds is 2. The standard InChI is InChI=1S/C7H10N4/c1-11(2)7-9-4-6(3-8)5-10-7/h3-5,8H,1-2H3. The molecule has 0 spiro atoms. The van der Waals surface area contributed by atoms with E-state index in [0.717, 1.165) is 5.56 Å². The molecule has 0 fully saturated rings. The molecular weight excluding hydrogens is 140 g/mol. The van der Waals surface area contributed by atoms with Gasteiger partial charge in [0.2, 0.25) is 5.95 Å². The highest BCUT2D eigenvalue weighted by Crippen LogP contribution is 2.00. The summed E-state index contributed by atoms with van der Waals surface area (Å²) >= 11 is 0. The Bertz CT molecular complexity index is 239. The Morgan fingerprint density at radius 2 is 1.91 bits per heavy atom. The molecule has 0 radical (unpaired) electrons. The lowest BCUT2D eigenvalue weighted by Gasteiger charge is -2.08. The van der Waals surface area contributed by atoms with E-state index in [1.54, 1.807) is 12.4 Å². The summed E-state index contributed by atoms with van der Waals surface area (Å²) in [6.07, 6.45) is 4.46. The van der Waals surface area contributed by atoms with Crippen molar-refractivity contribution in [1.29, 1.82) is 5.41 Å². The summed E-state index contributed by atoms with van der Waals surface area (Å²) in [6.45, 7) is 0. The number of hydrogen-bond donors (Lipinski definition) is 1. The van der Waals surface area contributed by atoms with Gasteiger partial charge in [0.25, 0.3) is 0 Å². The number of hydrogen-bond acceptors (Lipinski definition) is 4. The van der Waals surface area contributed by atoms with Crippen molar-refractivity contribution in [3.63, 3.8) is 0 Å².